The van der Waals surface area contributed by atoms with Crippen molar-refractivity contribution in [2.75, 3.05) is 0 Å². The summed E-state index contributed by atoms with van der Waals surface area (Å²) < 4.78 is 39.1. The van der Waals surface area contributed by atoms with Gasteiger partial charge in [0.2, 0.25) is 0 Å². The molecular weight excluding hydrogens is 257 g/mol. The first-order chi connectivity index (χ1) is 8.84. The lowest BCUT2D eigenvalue weighted by Gasteiger charge is -2.08. The molecule has 0 aliphatic rings. The van der Waals surface area contributed by atoms with Gasteiger partial charge in [0.15, 0.2) is 0 Å². The van der Waals surface area contributed by atoms with E-state index < -0.39 is 11.7 Å². The van der Waals surface area contributed by atoms with Gasteiger partial charge in [0.1, 0.15) is 0 Å². The molecule has 0 saturated heterocycles. The summed E-state index contributed by atoms with van der Waals surface area (Å²) in [6.45, 7) is 3.55. The van der Waals surface area contributed by atoms with Crippen molar-refractivity contribution in [3.05, 3.63) is 51.4 Å². The van der Waals surface area contributed by atoms with E-state index in [1.807, 2.05) is 6.92 Å². The van der Waals surface area contributed by atoms with Gasteiger partial charge >= 0.3 is 6.18 Å². The smallest absolute Gasteiger partial charge is 0.295 e. The quantitative estimate of drug-likeness (QED) is 0.894. The maximum absolute atomic E-state index is 12.6. The molecule has 1 aromatic heterocycles. The molecule has 0 fully saturated rings. The van der Waals surface area contributed by atoms with Crippen LogP contribution in [0.3, 0.4) is 0 Å². The van der Waals surface area contributed by atoms with Crippen LogP contribution in [0.1, 0.15) is 23.7 Å². The minimum atomic E-state index is -4.42. The molecule has 0 unspecified atom stereocenters. The number of aryl methyl sites for hydroxylation is 1. The summed E-state index contributed by atoms with van der Waals surface area (Å²) in [6.07, 6.45) is -3.89. The molecule has 0 spiro atoms. The molecule has 2 rings (SSSR count). The molecule has 2 aromatic rings. The lowest BCUT2D eigenvalue weighted by Crippen LogP contribution is -2.17. The number of aromatic nitrogens is 2. The Morgan fingerprint density at radius 3 is 2.53 bits per heavy atom. The van der Waals surface area contributed by atoms with Gasteiger partial charge in [-0.2, -0.15) is 13.2 Å². The fourth-order valence-electron chi connectivity index (χ4n) is 2.00. The number of benzene rings is 1. The Kier molecular flexibility index (Phi) is 3.26. The van der Waals surface area contributed by atoms with E-state index in [-0.39, 0.29) is 11.2 Å². The highest BCUT2D eigenvalue weighted by Crippen LogP contribution is 2.30. The number of alkyl halides is 3. The molecule has 0 saturated carbocycles. The van der Waals surface area contributed by atoms with E-state index in [4.69, 9.17) is 0 Å². The van der Waals surface area contributed by atoms with Gasteiger partial charge in [-0.05, 0) is 31.5 Å². The molecule has 102 valence electrons. The third-order valence-corrected chi connectivity index (χ3v) is 2.98. The van der Waals surface area contributed by atoms with Crippen molar-refractivity contribution in [2.45, 2.75) is 26.4 Å². The second-order valence-electron chi connectivity index (χ2n) is 4.26. The van der Waals surface area contributed by atoms with E-state index in [0.29, 0.717) is 17.7 Å². The second-order valence-corrected chi connectivity index (χ2v) is 4.26. The SMILES string of the molecule is CCc1c(C)[nH]n(-c2cccc(C(F)(F)F)c2)c1=O. The van der Waals surface area contributed by atoms with Crippen LogP contribution >= 0.6 is 0 Å². The van der Waals surface area contributed by atoms with E-state index in [2.05, 4.69) is 5.10 Å². The standard InChI is InChI=1S/C13H13F3N2O/c1-3-11-8(2)17-18(12(11)19)10-6-4-5-9(7-10)13(14,15)16/h4-7,17H,3H2,1-2H3. The lowest BCUT2D eigenvalue weighted by atomic mass is 10.2. The van der Waals surface area contributed by atoms with Crippen LogP contribution in [0.4, 0.5) is 13.2 Å². The summed E-state index contributed by atoms with van der Waals surface area (Å²) in [5, 5.41) is 2.80. The highest BCUT2D eigenvalue weighted by molar-refractivity contribution is 5.37. The zero-order valence-corrected chi connectivity index (χ0v) is 10.5. The van der Waals surface area contributed by atoms with Crippen molar-refractivity contribution in [1.82, 2.24) is 9.78 Å². The van der Waals surface area contributed by atoms with Crippen LogP contribution in [-0.4, -0.2) is 9.78 Å². The van der Waals surface area contributed by atoms with E-state index in [0.717, 1.165) is 16.8 Å². The molecule has 3 nitrogen and oxygen atoms in total. The summed E-state index contributed by atoms with van der Waals surface area (Å²) in [5.74, 6) is 0. The number of hydrogen-bond acceptors (Lipinski definition) is 1. The molecule has 0 atom stereocenters. The predicted molar refractivity (Wildman–Crippen MR) is 65.5 cm³/mol. The summed E-state index contributed by atoms with van der Waals surface area (Å²) >= 11 is 0. The normalized spacial score (nSPS) is 11.8. The lowest BCUT2D eigenvalue weighted by molar-refractivity contribution is -0.137. The topological polar surface area (TPSA) is 37.8 Å². The number of nitrogens with zero attached hydrogens (tertiary/aromatic N) is 1. The number of rotatable bonds is 2. The van der Waals surface area contributed by atoms with Crippen LogP contribution in [0.25, 0.3) is 5.69 Å². The van der Waals surface area contributed by atoms with Gasteiger partial charge < -0.3 is 0 Å². The van der Waals surface area contributed by atoms with E-state index >= 15 is 0 Å². The maximum Gasteiger partial charge on any atom is 0.416 e. The monoisotopic (exact) mass is 270 g/mol. The zero-order valence-electron chi connectivity index (χ0n) is 10.5. The molecule has 19 heavy (non-hydrogen) atoms. The van der Waals surface area contributed by atoms with E-state index in [1.54, 1.807) is 6.92 Å². The molecule has 1 aromatic carbocycles. The number of nitrogens with one attached hydrogen (secondary N) is 1. The Morgan fingerprint density at radius 1 is 1.32 bits per heavy atom. The van der Waals surface area contributed by atoms with Gasteiger partial charge in [-0.15, -0.1) is 0 Å². The summed E-state index contributed by atoms with van der Waals surface area (Å²) in [5.41, 5.74) is 0.353. The van der Waals surface area contributed by atoms with Crippen LogP contribution in [-0.2, 0) is 12.6 Å². The molecule has 0 aliphatic carbocycles. The number of aromatic amines is 1. The van der Waals surface area contributed by atoms with Gasteiger partial charge in [0.25, 0.3) is 5.56 Å². The molecule has 0 radical (unpaired) electrons. The first-order valence-corrected chi connectivity index (χ1v) is 5.82. The van der Waals surface area contributed by atoms with Crippen LogP contribution in [0, 0.1) is 6.92 Å². The first-order valence-electron chi connectivity index (χ1n) is 5.82. The van der Waals surface area contributed by atoms with Crippen molar-refractivity contribution >= 4 is 0 Å². The summed E-state index contributed by atoms with van der Waals surface area (Å²) in [4.78, 5) is 12.0. The largest absolute Gasteiger partial charge is 0.416 e. The zero-order chi connectivity index (χ0) is 14.2. The van der Waals surface area contributed by atoms with Crippen LogP contribution in [0.5, 0.6) is 0 Å². The van der Waals surface area contributed by atoms with Gasteiger partial charge in [0.05, 0.1) is 11.3 Å². The third-order valence-electron chi connectivity index (χ3n) is 2.98. The molecule has 0 bridgehead atoms. The molecule has 0 amide bonds. The average molecular weight is 270 g/mol. The van der Waals surface area contributed by atoms with Crippen molar-refractivity contribution in [3.8, 4) is 5.69 Å². The molecule has 6 heteroatoms. The van der Waals surface area contributed by atoms with Gasteiger partial charge in [-0.1, -0.05) is 13.0 Å². The van der Waals surface area contributed by atoms with Gasteiger partial charge in [-0.3, -0.25) is 9.89 Å². The summed E-state index contributed by atoms with van der Waals surface area (Å²) in [6, 6.07) is 4.68. The Hall–Kier alpha value is -1.98. The van der Waals surface area contributed by atoms with Crippen LogP contribution < -0.4 is 5.56 Å². The molecule has 1 heterocycles. The fraction of sp³-hybridized carbons (Fsp3) is 0.308. The Bertz CT molecular complexity index is 653. The van der Waals surface area contributed by atoms with Crippen molar-refractivity contribution in [3.63, 3.8) is 0 Å². The predicted octanol–water partition coefficient (Wildman–Crippen LogP) is 3.06. The molecular formula is C13H13F3N2O. The Labute approximate surface area is 107 Å². The van der Waals surface area contributed by atoms with E-state index in [1.165, 1.54) is 12.1 Å². The minimum Gasteiger partial charge on any atom is -0.295 e. The molecule has 1 N–H and O–H groups in total. The van der Waals surface area contributed by atoms with Crippen LogP contribution in [0.2, 0.25) is 0 Å². The van der Waals surface area contributed by atoms with Crippen LogP contribution in [0.15, 0.2) is 29.1 Å². The first kappa shape index (κ1) is 13.5. The Morgan fingerprint density at radius 2 is 2.00 bits per heavy atom. The van der Waals surface area contributed by atoms with Gasteiger partial charge in [-0.25, -0.2) is 4.68 Å². The van der Waals surface area contributed by atoms with Gasteiger partial charge in [0, 0.05) is 11.3 Å². The third kappa shape index (κ3) is 2.43. The maximum atomic E-state index is 12.6. The number of halogens is 3. The summed E-state index contributed by atoms with van der Waals surface area (Å²) in [7, 11) is 0. The number of H-pyrrole nitrogens is 1. The molecule has 0 aliphatic heterocycles. The fourth-order valence-corrected chi connectivity index (χ4v) is 2.00. The Balaban J connectivity index is 2.57. The highest BCUT2D eigenvalue weighted by atomic mass is 19.4. The van der Waals surface area contributed by atoms with Crippen molar-refractivity contribution in [2.24, 2.45) is 0 Å². The number of hydrogen-bond donors (Lipinski definition) is 1. The van der Waals surface area contributed by atoms with Crippen molar-refractivity contribution < 1.29 is 13.2 Å². The van der Waals surface area contributed by atoms with Crippen molar-refractivity contribution in [1.29, 1.82) is 0 Å². The van der Waals surface area contributed by atoms with E-state index in [9.17, 15) is 18.0 Å². The highest BCUT2D eigenvalue weighted by Gasteiger charge is 2.30. The second kappa shape index (κ2) is 4.60. The average Bonchev–Trinajstić information content (AvgIpc) is 2.63. The minimum absolute atomic E-state index is 0.183.